The number of hydrogen-bond acceptors (Lipinski definition) is 2. The second-order valence-corrected chi connectivity index (χ2v) is 5.88. The van der Waals surface area contributed by atoms with Crippen molar-refractivity contribution in [2.24, 2.45) is 0 Å². The maximum absolute atomic E-state index is 13.3. The van der Waals surface area contributed by atoms with E-state index in [0.717, 1.165) is 41.9 Å². The lowest BCUT2D eigenvalue weighted by Gasteiger charge is -2.15. The fourth-order valence-corrected chi connectivity index (χ4v) is 3.21. The predicted octanol–water partition coefficient (Wildman–Crippen LogP) is 5.10. The first-order valence-corrected chi connectivity index (χ1v) is 8.11. The van der Waals surface area contributed by atoms with Crippen molar-refractivity contribution in [2.75, 3.05) is 13.1 Å². The standard InChI is InChI=1S/C20H18FN3.2ClH/c21-17-3-1-16(2-4-17)20-19(15-7-11-23-12-8-15)18(13-24-20)14-5-9-22-10-6-14;;/h1-5,7-8,11-13,22,24H,6,9-10H2;2*1H. The van der Waals surface area contributed by atoms with Crippen molar-refractivity contribution in [1.29, 1.82) is 0 Å². The predicted molar refractivity (Wildman–Crippen MR) is 109 cm³/mol. The Balaban J connectivity index is 0.00000121. The summed E-state index contributed by atoms with van der Waals surface area (Å²) in [4.78, 5) is 7.53. The van der Waals surface area contributed by atoms with Crippen LogP contribution < -0.4 is 5.32 Å². The average Bonchev–Trinajstić information content (AvgIpc) is 3.09. The first kappa shape index (κ1) is 20.2. The molecule has 0 amide bonds. The summed E-state index contributed by atoms with van der Waals surface area (Å²) >= 11 is 0. The van der Waals surface area contributed by atoms with Crippen LogP contribution >= 0.6 is 24.8 Å². The number of aromatic amines is 1. The second kappa shape index (κ2) is 8.99. The topological polar surface area (TPSA) is 40.7 Å². The molecule has 0 bridgehead atoms. The third kappa shape index (κ3) is 3.98. The third-order valence-electron chi connectivity index (χ3n) is 4.39. The van der Waals surface area contributed by atoms with E-state index < -0.39 is 0 Å². The number of nitrogens with one attached hydrogen (secondary N) is 2. The summed E-state index contributed by atoms with van der Waals surface area (Å²) in [5.41, 5.74) is 6.80. The summed E-state index contributed by atoms with van der Waals surface area (Å²) in [6, 6.07) is 10.6. The fourth-order valence-electron chi connectivity index (χ4n) is 3.21. The highest BCUT2D eigenvalue weighted by Gasteiger charge is 2.18. The smallest absolute Gasteiger partial charge is 0.123 e. The van der Waals surface area contributed by atoms with Crippen molar-refractivity contribution in [3.8, 4) is 22.4 Å². The van der Waals surface area contributed by atoms with E-state index in [0.29, 0.717) is 0 Å². The molecule has 0 saturated heterocycles. The zero-order valence-corrected chi connectivity index (χ0v) is 15.7. The molecule has 6 heteroatoms. The van der Waals surface area contributed by atoms with Crippen LogP contribution in [0.15, 0.2) is 61.1 Å². The third-order valence-corrected chi connectivity index (χ3v) is 4.39. The Labute approximate surface area is 164 Å². The maximum Gasteiger partial charge on any atom is 0.123 e. The van der Waals surface area contributed by atoms with Crippen molar-refractivity contribution in [3.63, 3.8) is 0 Å². The lowest BCUT2D eigenvalue weighted by atomic mass is 9.92. The van der Waals surface area contributed by atoms with Crippen LogP contribution in [0.2, 0.25) is 0 Å². The van der Waals surface area contributed by atoms with Gasteiger partial charge in [0.05, 0.1) is 5.69 Å². The molecule has 0 atom stereocenters. The van der Waals surface area contributed by atoms with Gasteiger partial charge in [0, 0.05) is 36.3 Å². The summed E-state index contributed by atoms with van der Waals surface area (Å²) in [5.74, 6) is -0.225. The number of benzene rings is 1. The zero-order valence-electron chi connectivity index (χ0n) is 14.0. The molecule has 3 nitrogen and oxygen atoms in total. The monoisotopic (exact) mass is 391 g/mol. The van der Waals surface area contributed by atoms with Gasteiger partial charge in [-0.1, -0.05) is 6.08 Å². The van der Waals surface area contributed by atoms with E-state index >= 15 is 0 Å². The van der Waals surface area contributed by atoms with E-state index in [1.165, 1.54) is 23.3 Å². The normalized spacial score (nSPS) is 13.3. The van der Waals surface area contributed by atoms with Gasteiger partial charge in [-0.3, -0.25) is 4.98 Å². The maximum atomic E-state index is 13.3. The van der Waals surface area contributed by atoms with Gasteiger partial charge in [0.15, 0.2) is 0 Å². The van der Waals surface area contributed by atoms with Crippen LogP contribution in [0.3, 0.4) is 0 Å². The van der Waals surface area contributed by atoms with Gasteiger partial charge in [-0.25, -0.2) is 4.39 Å². The van der Waals surface area contributed by atoms with E-state index in [4.69, 9.17) is 0 Å². The van der Waals surface area contributed by atoms with Gasteiger partial charge in [-0.2, -0.15) is 0 Å². The Kier molecular flexibility index (Phi) is 6.98. The molecule has 0 fully saturated rings. The van der Waals surface area contributed by atoms with E-state index in [1.54, 1.807) is 12.4 Å². The number of pyridine rings is 1. The SMILES string of the molecule is Cl.Cl.Fc1ccc(-c2[nH]cc(C3=CCNCC3)c2-c2ccncc2)cc1. The van der Waals surface area contributed by atoms with Crippen LogP contribution in [0.5, 0.6) is 0 Å². The van der Waals surface area contributed by atoms with Crippen LogP contribution in [0, 0.1) is 5.82 Å². The van der Waals surface area contributed by atoms with Gasteiger partial charge < -0.3 is 10.3 Å². The molecule has 1 aromatic carbocycles. The minimum absolute atomic E-state index is 0. The number of aromatic nitrogens is 2. The Bertz CT molecular complexity index is 874. The highest BCUT2D eigenvalue weighted by Crippen LogP contribution is 2.38. The highest BCUT2D eigenvalue weighted by atomic mass is 35.5. The molecule has 1 aliphatic rings. The molecule has 0 spiro atoms. The molecule has 3 aromatic rings. The van der Waals surface area contributed by atoms with E-state index in [9.17, 15) is 4.39 Å². The molecule has 3 heterocycles. The van der Waals surface area contributed by atoms with Crippen molar-refractivity contribution < 1.29 is 4.39 Å². The Morgan fingerprint density at radius 2 is 1.65 bits per heavy atom. The van der Waals surface area contributed by atoms with E-state index in [-0.39, 0.29) is 30.6 Å². The van der Waals surface area contributed by atoms with Gasteiger partial charge in [-0.15, -0.1) is 24.8 Å². The van der Waals surface area contributed by atoms with Crippen molar-refractivity contribution in [2.45, 2.75) is 6.42 Å². The Morgan fingerprint density at radius 1 is 0.923 bits per heavy atom. The molecule has 1 aliphatic heterocycles. The summed E-state index contributed by atoms with van der Waals surface area (Å²) < 4.78 is 13.3. The molecular weight excluding hydrogens is 372 g/mol. The molecule has 2 N–H and O–H groups in total. The number of H-pyrrole nitrogens is 1. The summed E-state index contributed by atoms with van der Waals surface area (Å²) in [6.07, 6.45) is 8.91. The molecule has 136 valence electrons. The Hall–Kier alpha value is -2.14. The van der Waals surface area contributed by atoms with Gasteiger partial charge in [0.2, 0.25) is 0 Å². The van der Waals surface area contributed by atoms with Gasteiger partial charge >= 0.3 is 0 Å². The quantitative estimate of drug-likeness (QED) is 0.651. The first-order valence-electron chi connectivity index (χ1n) is 8.11. The summed E-state index contributed by atoms with van der Waals surface area (Å²) in [7, 11) is 0. The number of halogens is 3. The summed E-state index contributed by atoms with van der Waals surface area (Å²) in [5, 5.41) is 3.35. The average molecular weight is 392 g/mol. The van der Waals surface area contributed by atoms with Crippen molar-refractivity contribution in [3.05, 3.63) is 72.4 Å². The molecule has 0 saturated carbocycles. The molecule has 0 radical (unpaired) electrons. The minimum Gasteiger partial charge on any atom is -0.360 e. The zero-order chi connectivity index (χ0) is 16.4. The fraction of sp³-hybridized carbons (Fsp3) is 0.150. The van der Waals surface area contributed by atoms with Crippen LogP contribution in [-0.2, 0) is 0 Å². The van der Waals surface area contributed by atoms with Crippen molar-refractivity contribution >= 4 is 30.4 Å². The van der Waals surface area contributed by atoms with Gasteiger partial charge in [0.25, 0.3) is 0 Å². The van der Waals surface area contributed by atoms with Gasteiger partial charge in [-0.05, 0) is 66.1 Å². The number of rotatable bonds is 3. The van der Waals surface area contributed by atoms with Crippen LogP contribution in [0.1, 0.15) is 12.0 Å². The number of nitrogens with zero attached hydrogens (tertiary/aromatic N) is 1. The van der Waals surface area contributed by atoms with Crippen LogP contribution in [0.25, 0.3) is 28.0 Å². The van der Waals surface area contributed by atoms with Crippen LogP contribution in [-0.4, -0.2) is 23.1 Å². The molecular formula is C20H20Cl2FN3. The summed E-state index contributed by atoms with van der Waals surface area (Å²) in [6.45, 7) is 1.88. The largest absolute Gasteiger partial charge is 0.360 e. The minimum atomic E-state index is -0.225. The lowest BCUT2D eigenvalue weighted by Crippen LogP contribution is -2.20. The highest BCUT2D eigenvalue weighted by molar-refractivity contribution is 5.91. The molecule has 0 unspecified atom stereocenters. The van der Waals surface area contributed by atoms with Gasteiger partial charge in [0.1, 0.15) is 5.82 Å². The van der Waals surface area contributed by atoms with Crippen LogP contribution in [0.4, 0.5) is 4.39 Å². The first-order chi connectivity index (χ1) is 11.8. The Morgan fingerprint density at radius 3 is 2.31 bits per heavy atom. The van der Waals surface area contributed by atoms with E-state index in [2.05, 4.69) is 27.6 Å². The molecule has 2 aromatic heterocycles. The van der Waals surface area contributed by atoms with E-state index in [1.807, 2.05) is 24.3 Å². The molecule has 0 aliphatic carbocycles. The van der Waals surface area contributed by atoms with Crippen molar-refractivity contribution in [1.82, 2.24) is 15.3 Å². The second-order valence-electron chi connectivity index (χ2n) is 5.88. The number of hydrogen-bond donors (Lipinski definition) is 2. The molecule has 26 heavy (non-hydrogen) atoms. The lowest BCUT2D eigenvalue weighted by molar-refractivity contribution is 0.628. The molecule has 4 rings (SSSR count).